The number of nitrogens with zero attached hydrogens (tertiary/aromatic N) is 2. The Hall–Kier alpha value is -1.92. The van der Waals surface area contributed by atoms with Gasteiger partial charge in [-0.2, -0.15) is 0 Å². The van der Waals surface area contributed by atoms with Crippen LogP contribution in [0.25, 0.3) is 0 Å². The Labute approximate surface area is 176 Å². The minimum Gasteiger partial charge on any atom is -0.395 e. The summed E-state index contributed by atoms with van der Waals surface area (Å²) in [6, 6.07) is 14.0. The van der Waals surface area contributed by atoms with Crippen LogP contribution in [0.2, 0.25) is 5.02 Å². The van der Waals surface area contributed by atoms with Crippen molar-refractivity contribution < 1.29 is 15.0 Å². The fourth-order valence-electron chi connectivity index (χ4n) is 5.25. The van der Waals surface area contributed by atoms with E-state index in [9.17, 15) is 15.0 Å². The Kier molecular flexibility index (Phi) is 5.93. The van der Waals surface area contributed by atoms with Gasteiger partial charge in [0.25, 0.3) is 0 Å². The van der Waals surface area contributed by atoms with Gasteiger partial charge >= 0.3 is 0 Å². The van der Waals surface area contributed by atoms with Crippen LogP contribution in [0.3, 0.4) is 0 Å². The van der Waals surface area contributed by atoms with E-state index < -0.39 is 0 Å². The normalized spacial score (nSPS) is 22.8. The van der Waals surface area contributed by atoms with Gasteiger partial charge in [-0.15, -0.1) is 0 Å². The van der Waals surface area contributed by atoms with Gasteiger partial charge in [-0.1, -0.05) is 41.9 Å². The van der Waals surface area contributed by atoms with Crippen LogP contribution in [0.4, 0.5) is 5.69 Å². The molecular weight excluding hydrogens is 388 g/mol. The van der Waals surface area contributed by atoms with Gasteiger partial charge in [0.15, 0.2) is 0 Å². The highest BCUT2D eigenvalue weighted by Crippen LogP contribution is 2.57. The molecule has 6 heteroatoms. The van der Waals surface area contributed by atoms with E-state index in [-0.39, 0.29) is 37.1 Å². The van der Waals surface area contributed by atoms with Crippen LogP contribution < -0.4 is 4.90 Å². The van der Waals surface area contributed by atoms with E-state index in [4.69, 9.17) is 11.6 Å². The summed E-state index contributed by atoms with van der Waals surface area (Å²) in [5, 5.41) is 19.7. The maximum Gasteiger partial charge on any atom is 0.224 e. The van der Waals surface area contributed by atoms with Gasteiger partial charge < -0.3 is 15.1 Å². The molecule has 154 valence electrons. The number of anilines is 1. The average molecular weight is 415 g/mol. The molecule has 2 aliphatic rings. The number of carbonyl (C=O) groups is 1. The van der Waals surface area contributed by atoms with Crippen molar-refractivity contribution in [3.63, 3.8) is 0 Å². The maximum absolute atomic E-state index is 12.7. The Morgan fingerprint density at radius 2 is 1.76 bits per heavy atom. The van der Waals surface area contributed by atoms with E-state index in [1.807, 2.05) is 41.3 Å². The summed E-state index contributed by atoms with van der Waals surface area (Å²) in [6.45, 7) is 2.75. The molecule has 1 aliphatic carbocycles. The summed E-state index contributed by atoms with van der Waals surface area (Å²) in [6.07, 6.45) is 1.83. The van der Waals surface area contributed by atoms with Crippen molar-refractivity contribution in [2.45, 2.75) is 37.8 Å². The number of amides is 1. The zero-order chi connectivity index (χ0) is 20.5. The maximum atomic E-state index is 12.7. The van der Waals surface area contributed by atoms with Crippen LogP contribution in [0.1, 0.15) is 54.5 Å². The second-order valence-electron chi connectivity index (χ2n) is 7.82. The third-order valence-electron chi connectivity index (χ3n) is 6.29. The highest BCUT2D eigenvalue weighted by atomic mass is 35.5. The second-order valence-corrected chi connectivity index (χ2v) is 8.23. The third kappa shape index (κ3) is 3.46. The molecule has 3 unspecified atom stereocenters. The first-order valence-corrected chi connectivity index (χ1v) is 10.6. The van der Waals surface area contributed by atoms with Crippen molar-refractivity contribution in [2.24, 2.45) is 0 Å². The smallest absolute Gasteiger partial charge is 0.224 e. The largest absolute Gasteiger partial charge is 0.395 e. The molecule has 29 heavy (non-hydrogen) atoms. The number of carbonyl (C=O) groups excluding carboxylic acids is 1. The van der Waals surface area contributed by atoms with Crippen molar-refractivity contribution in [3.05, 3.63) is 64.2 Å². The number of aliphatic hydroxyl groups is 2. The predicted molar refractivity (Wildman–Crippen MR) is 114 cm³/mol. The van der Waals surface area contributed by atoms with Crippen LogP contribution in [-0.2, 0) is 4.79 Å². The third-order valence-corrected chi connectivity index (χ3v) is 6.64. The quantitative estimate of drug-likeness (QED) is 0.757. The molecule has 5 nitrogen and oxygen atoms in total. The topological polar surface area (TPSA) is 64.0 Å². The van der Waals surface area contributed by atoms with Crippen molar-refractivity contribution in [3.8, 4) is 0 Å². The van der Waals surface area contributed by atoms with Gasteiger partial charge in [-0.25, -0.2) is 0 Å². The summed E-state index contributed by atoms with van der Waals surface area (Å²) >= 11 is 6.56. The van der Waals surface area contributed by atoms with E-state index in [0.717, 1.165) is 24.1 Å². The Morgan fingerprint density at radius 3 is 2.41 bits per heavy atom. The molecule has 0 fully saturated rings. The summed E-state index contributed by atoms with van der Waals surface area (Å²) in [4.78, 5) is 16.8. The molecular formula is C23H27ClN2O3. The zero-order valence-electron chi connectivity index (χ0n) is 16.6. The average Bonchev–Trinajstić information content (AvgIpc) is 3.05. The monoisotopic (exact) mass is 414 g/mol. The molecule has 0 saturated carbocycles. The van der Waals surface area contributed by atoms with E-state index >= 15 is 0 Å². The van der Waals surface area contributed by atoms with E-state index in [2.05, 4.69) is 11.0 Å². The molecule has 2 aromatic carbocycles. The SMILES string of the molecule is CC(=O)N1c2cccc3c2C(CCC3N(CCO)CCO)C1c1ccccc1Cl. The van der Waals surface area contributed by atoms with Gasteiger partial charge in [-0.05, 0) is 41.7 Å². The first-order valence-electron chi connectivity index (χ1n) is 10.2. The number of hydrogen-bond acceptors (Lipinski definition) is 4. The zero-order valence-corrected chi connectivity index (χ0v) is 17.3. The van der Waals surface area contributed by atoms with Crippen molar-refractivity contribution in [2.75, 3.05) is 31.2 Å². The predicted octanol–water partition coefficient (Wildman–Crippen LogP) is 3.65. The summed E-state index contributed by atoms with van der Waals surface area (Å²) in [5.41, 5.74) is 4.35. The lowest BCUT2D eigenvalue weighted by molar-refractivity contribution is -0.117. The van der Waals surface area contributed by atoms with Gasteiger partial charge in [0.05, 0.1) is 19.3 Å². The molecule has 0 radical (unpaired) electrons. The molecule has 1 amide bonds. The standard InChI is InChI=1S/C23H27ClN2O3/c1-15(29)26-21-8-4-6-17-20(25(11-13-27)12-14-28)10-9-18(22(17)21)23(26)16-5-2-3-7-19(16)24/h2-8,18,20,23,27-28H,9-14H2,1H3. The summed E-state index contributed by atoms with van der Waals surface area (Å²) in [5.74, 6) is 0.197. The molecule has 1 heterocycles. The number of rotatable bonds is 6. The fraction of sp³-hybridized carbons (Fsp3) is 0.435. The van der Waals surface area contributed by atoms with Gasteiger partial charge in [-0.3, -0.25) is 9.69 Å². The number of hydrogen-bond donors (Lipinski definition) is 2. The molecule has 2 aromatic rings. The molecule has 4 rings (SSSR count). The Balaban J connectivity index is 1.83. The first kappa shape index (κ1) is 20.4. The molecule has 0 saturated heterocycles. The molecule has 3 atom stereocenters. The van der Waals surface area contributed by atoms with Crippen LogP contribution in [0, 0.1) is 0 Å². The Bertz CT molecular complexity index is 897. The highest BCUT2D eigenvalue weighted by Gasteiger charge is 2.46. The molecule has 2 N–H and O–H groups in total. The fourth-order valence-corrected chi connectivity index (χ4v) is 5.50. The van der Waals surface area contributed by atoms with Gasteiger partial charge in [0.1, 0.15) is 0 Å². The Morgan fingerprint density at radius 1 is 1.07 bits per heavy atom. The lowest BCUT2D eigenvalue weighted by Gasteiger charge is -2.38. The number of aliphatic hydroxyl groups excluding tert-OH is 2. The number of benzene rings is 2. The molecule has 0 aromatic heterocycles. The minimum atomic E-state index is -0.109. The molecule has 0 spiro atoms. The van der Waals surface area contributed by atoms with Crippen LogP contribution >= 0.6 is 11.6 Å². The van der Waals surface area contributed by atoms with Crippen molar-refractivity contribution >= 4 is 23.2 Å². The van der Waals surface area contributed by atoms with E-state index in [1.165, 1.54) is 11.1 Å². The second kappa shape index (κ2) is 8.44. The van der Waals surface area contributed by atoms with Crippen molar-refractivity contribution in [1.29, 1.82) is 0 Å². The number of halogens is 1. The summed E-state index contributed by atoms with van der Waals surface area (Å²) < 4.78 is 0. The lowest BCUT2D eigenvalue weighted by Crippen LogP contribution is -2.36. The van der Waals surface area contributed by atoms with Gasteiger partial charge in [0.2, 0.25) is 5.91 Å². The highest BCUT2D eigenvalue weighted by molar-refractivity contribution is 6.31. The minimum absolute atomic E-state index is 0.0110. The van der Waals surface area contributed by atoms with Crippen LogP contribution in [-0.4, -0.2) is 47.3 Å². The van der Waals surface area contributed by atoms with E-state index in [1.54, 1.807) is 6.92 Å². The lowest BCUT2D eigenvalue weighted by atomic mass is 9.76. The molecule has 0 bridgehead atoms. The summed E-state index contributed by atoms with van der Waals surface area (Å²) in [7, 11) is 0. The van der Waals surface area contributed by atoms with Crippen LogP contribution in [0.5, 0.6) is 0 Å². The van der Waals surface area contributed by atoms with Crippen LogP contribution in [0.15, 0.2) is 42.5 Å². The first-order chi connectivity index (χ1) is 14.1. The van der Waals surface area contributed by atoms with E-state index in [0.29, 0.717) is 18.1 Å². The molecule has 1 aliphatic heterocycles. The van der Waals surface area contributed by atoms with Gasteiger partial charge in [0, 0.05) is 42.7 Å². The van der Waals surface area contributed by atoms with Crippen molar-refractivity contribution in [1.82, 2.24) is 4.90 Å².